The lowest BCUT2D eigenvalue weighted by Crippen LogP contribution is -2.11. The van der Waals surface area contributed by atoms with Gasteiger partial charge in [-0.1, -0.05) is 12.1 Å². The number of nitrogens with one attached hydrogen (secondary N) is 1. The van der Waals surface area contributed by atoms with Gasteiger partial charge in [0.25, 0.3) is 0 Å². The molecule has 1 aliphatic heterocycles. The van der Waals surface area contributed by atoms with E-state index in [1.807, 2.05) is 6.07 Å². The van der Waals surface area contributed by atoms with Crippen LogP contribution in [-0.4, -0.2) is 11.7 Å². The first-order valence-corrected chi connectivity index (χ1v) is 4.38. The van der Waals surface area contributed by atoms with Gasteiger partial charge in [-0.15, -0.1) is 12.4 Å². The van der Waals surface area contributed by atoms with Gasteiger partial charge in [0.05, 0.1) is 0 Å². The highest BCUT2D eigenvalue weighted by molar-refractivity contribution is 5.85. The lowest BCUT2D eigenvalue weighted by molar-refractivity contribution is 0.467. The lowest BCUT2D eigenvalue weighted by Gasteiger charge is -2.06. The Hall–Kier alpha value is -0.730. The van der Waals surface area contributed by atoms with E-state index in [2.05, 4.69) is 11.4 Å². The molecule has 0 spiro atoms. The van der Waals surface area contributed by atoms with Crippen LogP contribution in [0.2, 0.25) is 0 Å². The third kappa shape index (κ3) is 2.14. The van der Waals surface area contributed by atoms with E-state index in [0.29, 0.717) is 5.75 Å². The van der Waals surface area contributed by atoms with Crippen molar-refractivity contribution in [2.45, 2.75) is 19.4 Å². The Bertz CT molecular complexity index is 288. The van der Waals surface area contributed by atoms with Crippen molar-refractivity contribution < 1.29 is 5.11 Å². The second kappa shape index (κ2) is 4.49. The van der Waals surface area contributed by atoms with Gasteiger partial charge in [0.15, 0.2) is 0 Å². The summed E-state index contributed by atoms with van der Waals surface area (Å²) in [4.78, 5) is 0. The minimum atomic E-state index is 0. The van der Waals surface area contributed by atoms with Gasteiger partial charge in [-0.3, -0.25) is 0 Å². The molecule has 1 heterocycles. The maximum Gasteiger partial charge on any atom is 0.119 e. The van der Waals surface area contributed by atoms with Crippen molar-refractivity contribution in [3.05, 3.63) is 29.3 Å². The number of hydrogen-bond acceptors (Lipinski definition) is 2. The van der Waals surface area contributed by atoms with E-state index < -0.39 is 0 Å². The first kappa shape index (κ1) is 10.4. The van der Waals surface area contributed by atoms with Crippen LogP contribution in [0.1, 0.15) is 17.5 Å². The molecule has 0 fully saturated rings. The van der Waals surface area contributed by atoms with Gasteiger partial charge in [-0.25, -0.2) is 0 Å². The molecule has 1 aromatic rings. The molecule has 3 heteroatoms. The van der Waals surface area contributed by atoms with Crippen molar-refractivity contribution in [1.29, 1.82) is 0 Å². The van der Waals surface area contributed by atoms with Gasteiger partial charge in [0.2, 0.25) is 0 Å². The van der Waals surface area contributed by atoms with Gasteiger partial charge in [-0.05, 0) is 36.6 Å². The second-order valence-electron chi connectivity index (χ2n) is 3.20. The fourth-order valence-corrected chi connectivity index (χ4v) is 1.69. The molecular formula is C10H14ClNO. The SMILES string of the molecule is Cl.Oc1cccc2c1CCCNC2. The number of benzene rings is 1. The highest BCUT2D eigenvalue weighted by Gasteiger charge is 2.09. The lowest BCUT2D eigenvalue weighted by atomic mass is 10.0. The largest absolute Gasteiger partial charge is 0.508 e. The van der Waals surface area contributed by atoms with E-state index in [-0.39, 0.29) is 12.4 Å². The molecule has 2 N–H and O–H groups in total. The molecule has 0 aromatic heterocycles. The Balaban J connectivity index is 0.000000845. The number of phenolic OH excluding ortho intramolecular Hbond substituents is 1. The highest BCUT2D eigenvalue weighted by Crippen LogP contribution is 2.23. The zero-order valence-electron chi connectivity index (χ0n) is 7.42. The van der Waals surface area contributed by atoms with Crippen LogP contribution in [-0.2, 0) is 13.0 Å². The van der Waals surface area contributed by atoms with Crippen LogP contribution in [0.5, 0.6) is 5.75 Å². The molecule has 0 bridgehead atoms. The van der Waals surface area contributed by atoms with Gasteiger partial charge in [0.1, 0.15) is 5.75 Å². The highest BCUT2D eigenvalue weighted by atomic mass is 35.5. The maximum absolute atomic E-state index is 9.55. The molecule has 0 radical (unpaired) electrons. The summed E-state index contributed by atoms with van der Waals surface area (Å²) in [6.07, 6.45) is 2.11. The van der Waals surface area contributed by atoms with Crippen LogP contribution < -0.4 is 5.32 Å². The van der Waals surface area contributed by atoms with E-state index in [9.17, 15) is 5.11 Å². The molecule has 2 nitrogen and oxygen atoms in total. The van der Waals surface area contributed by atoms with E-state index in [1.54, 1.807) is 6.07 Å². The molecule has 0 amide bonds. The van der Waals surface area contributed by atoms with Crippen LogP contribution in [0.3, 0.4) is 0 Å². The first-order valence-electron chi connectivity index (χ1n) is 4.38. The maximum atomic E-state index is 9.55. The summed E-state index contributed by atoms with van der Waals surface area (Å²) in [5, 5.41) is 12.9. The van der Waals surface area contributed by atoms with Crippen LogP contribution >= 0.6 is 12.4 Å². The molecule has 1 aliphatic rings. The fourth-order valence-electron chi connectivity index (χ4n) is 1.69. The third-order valence-corrected chi connectivity index (χ3v) is 2.34. The number of fused-ring (bicyclic) bond motifs is 1. The van der Waals surface area contributed by atoms with Gasteiger partial charge < -0.3 is 10.4 Å². The van der Waals surface area contributed by atoms with E-state index in [0.717, 1.165) is 31.5 Å². The average molecular weight is 200 g/mol. The van der Waals surface area contributed by atoms with E-state index >= 15 is 0 Å². The standard InChI is InChI=1S/C10H13NO.ClH/c12-10-5-1-3-8-7-11-6-2-4-9(8)10;/h1,3,5,11-12H,2,4,6-7H2;1H. The molecule has 72 valence electrons. The fraction of sp³-hybridized carbons (Fsp3) is 0.400. The normalized spacial score (nSPS) is 15.4. The Morgan fingerprint density at radius 3 is 3.00 bits per heavy atom. The van der Waals surface area contributed by atoms with Crippen LogP contribution in [0.25, 0.3) is 0 Å². The molecule has 0 aliphatic carbocycles. The summed E-state index contributed by atoms with van der Waals surface area (Å²) in [6.45, 7) is 1.94. The van der Waals surface area contributed by atoms with Crippen molar-refractivity contribution in [3.63, 3.8) is 0 Å². The van der Waals surface area contributed by atoms with Crippen LogP contribution in [0.15, 0.2) is 18.2 Å². The Kier molecular flexibility index (Phi) is 3.58. The average Bonchev–Trinajstić information content (AvgIpc) is 2.30. The van der Waals surface area contributed by atoms with Crippen LogP contribution in [0.4, 0.5) is 0 Å². The predicted octanol–water partition coefficient (Wildman–Crippen LogP) is 1.85. The molecular weight excluding hydrogens is 186 g/mol. The molecule has 1 aromatic carbocycles. The summed E-state index contributed by atoms with van der Waals surface area (Å²) in [5.74, 6) is 0.455. The first-order chi connectivity index (χ1) is 5.88. The summed E-state index contributed by atoms with van der Waals surface area (Å²) in [7, 11) is 0. The zero-order valence-corrected chi connectivity index (χ0v) is 8.23. The molecule has 13 heavy (non-hydrogen) atoms. The third-order valence-electron chi connectivity index (χ3n) is 2.34. The van der Waals surface area contributed by atoms with Gasteiger partial charge in [-0.2, -0.15) is 0 Å². The topological polar surface area (TPSA) is 32.3 Å². The van der Waals surface area contributed by atoms with Gasteiger partial charge >= 0.3 is 0 Å². The van der Waals surface area contributed by atoms with Crippen molar-refractivity contribution >= 4 is 12.4 Å². The molecule has 0 saturated heterocycles. The summed E-state index contributed by atoms with van der Waals surface area (Å²) in [6, 6.07) is 5.75. The Morgan fingerprint density at radius 1 is 1.31 bits per heavy atom. The Morgan fingerprint density at radius 2 is 2.15 bits per heavy atom. The molecule has 0 atom stereocenters. The van der Waals surface area contributed by atoms with Crippen molar-refractivity contribution in [2.75, 3.05) is 6.54 Å². The van der Waals surface area contributed by atoms with Crippen molar-refractivity contribution in [1.82, 2.24) is 5.32 Å². The van der Waals surface area contributed by atoms with E-state index in [1.165, 1.54) is 5.56 Å². The number of hydrogen-bond donors (Lipinski definition) is 2. The summed E-state index contributed by atoms with van der Waals surface area (Å²) in [5.41, 5.74) is 2.37. The van der Waals surface area contributed by atoms with Crippen molar-refractivity contribution in [3.8, 4) is 5.75 Å². The number of aromatic hydroxyl groups is 1. The number of halogens is 1. The molecule has 2 rings (SSSR count). The van der Waals surface area contributed by atoms with Gasteiger partial charge in [0, 0.05) is 6.54 Å². The Labute approximate surface area is 84.4 Å². The molecule has 0 saturated carbocycles. The smallest absolute Gasteiger partial charge is 0.119 e. The summed E-state index contributed by atoms with van der Waals surface area (Å²) >= 11 is 0. The zero-order chi connectivity index (χ0) is 8.39. The minimum Gasteiger partial charge on any atom is -0.508 e. The quantitative estimate of drug-likeness (QED) is 0.669. The predicted molar refractivity (Wildman–Crippen MR) is 55.4 cm³/mol. The summed E-state index contributed by atoms with van der Waals surface area (Å²) < 4.78 is 0. The van der Waals surface area contributed by atoms with Crippen molar-refractivity contribution in [2.24, 2.45) is 0 Å². The monoisotopic (exact) mass is 199 g/mol. The minimum absolute atomic E-state index is 0. The van der Waals surface area contributed by atoms with Crippen LogP contribution in [0, 0.1) is 0 Å². The molecule has 0 unspecified atom stereocenters. The number of rotatable bonds is 0. The second-order valence-corrected chi connectivity index (χ2v) is 3.20. The van der Waals surface area contributed by atoms with E-state index in [4.69, 9.17) is 0 Å². The number of phenols is 1.